The first-order valence-corrected chi connectivity index (χ1v) is 6.04. The Kier molecular flexibility index (Phi) is 5.56. The third-order valence-electron chi connectivity index (χ3n) is 2.12. The van der Waals surface area contributed by atoms with Crippen molar-refractivity contribution in [2.24, 2.45) is 0 Å². The molecule has 0 heterocycles. The zero-order valence-corrected chi connectivity index (χ0v) is 11.5. The second-order valence-electron chi connectivity index (χ2n) is 4.99. The fraction of sp³-hybridized carbons (Fsp3) is 0.400. The molecule has 0 radical (unpaired) electrons. The Bertz CT molecular complexity index is 475. The molecular weight excluding hydrogens is 242 g/mol. The summed E-state index contributed by atoms with van der Waals surface area (Å²) in [4.78, 5) is 11.6. The second-order valence-corrected chi connectivity index (χ2v) is 4.99. The van der Waals surface area contributed by atoms with E-state index >= 15 is 0 Å². The number of carbonyl (C=O) groups is 1. The molecule has 0 aliphatic heterocycles. The molecule has 1 aromatic rings. The van der Waals surface area contributed by atoms with Gasteiger partial charge in [-0.3, -0.25) is 4.79 Å². The van der Waals surface area contributed by atoms with E-state index in [-0.39, 0.29) is 24.7 Å². The fourth-order valence-electron chi connectivity index (χ4n) is 1.26. The summed E-state index contributed by atoms with van der Waals surface area (Å²) in [5.74, 6) is 5.15. The number of aliphatic hydroxyl groups is 1. The summed E-state index contributed by atoms with van der Waals surface area (Å²) in [5, 5.41) is 11.3. The quantitative estimate of drug-likeness (QED) is 0.815. The van der Waals surface area contributed by atoms with Crippen molar-refractivity contribution in [3.05, 3.63) is 29.8 Å². The van der Waals surface area contributed by atoms with Gasteiger partial charge in [0, 0.05) is 11.3 Å². The number of carbonyl (C=O) groups excluding carboxylic acids is 1. The molecule has 0 aliphatic carbocycles. The number of benzene rings is 1. The fourth-order valence-corrected chi connectivity index (χ4v) is 1.26. The number of ether oxygens (including phenoxy) is 1. The molecular formula is C15H19NO3. The first kappa shape index (κ1) is 15.2. The molecule has 1 rings (SSSR count). The zero-order valence-electron chi connectivity index (χ0n) is 11.5. The minimum Gasteiger partial charge on any atom is -0.384 e. The van der Waals surface area contributed by atoms with E-state index in [2.05, 4.69) is 17.2 Å². The SMILES string of the molecule is CC(C)(C)OCC(=O)Nc1ccc(C#CCO)cc1. The van der Waals surface area contributed by atoms with Crippen molar-refractivity contribution in [3.63, 3.8) is 0 Å². The molecule has 1 aromatic carbocycles. The third-order valence-corrected chi connectivity index (χ3v) is 2.12. The van der Waals surface area contributed by atoms with Gasteiger partial charge < -0.3 is 15.2 Å². The molecule has 19 heavy (non-hydrogen) atoms. The van der Waals surface area contributed by atoms with E-state index in [9.17, 15) is 4.79 Å². The highest BCUT2D eigenvalue weighted by Crippen LogP contribution is 2.10. The molecule has 0 bridgehead atoms. The number of rotatable bonds is 3. The Morgan fingerprint density at radius 1 is 1.32 bits per heavy atom. The van der Waals surface area contributed by atoms with Crippen LogP contribution in [-0.4, -0.2) is 29.8 Å². The van der Waals surface area contributed by atoms with E-state index in [1.54, 1.807) is 24.3 Å². The van der Waals surface area contributed by atoms with Crippen LogP contribution in [-0.2, 0) is 9.53 Å². The van der Waals surface area contributed by atoms with Crippen LogP contribution >= 0.6 is 0 Å². The molecule has 0 spiro atoms. The lowest BCUT2D eigenvalue weighted by Gasteiger charge is -2.18. The highest BCUT2D eigenvalue weighted by molar-refractivity contribution is 5.91. The first-order chi connectivity index (χ1) is 8.90. The van der Waals surface area contributed by atoms with Crippen LogP contribution in [0.3, 0.4) is 0 Å². The van der Waals surface area contributed by atoms with Gasteiger partial charge in [-0.25, -0.2) is 0 Å². The van der Waals surface area contributed by atoms with E-state index in [4.69, 9.17) is 9.84 Å². The van der Waals surface area contributed by atoms with Crippen molar-refractivity contribution in [1.29, 1.82) is 0 Å². The van der Waals surface area contributed by atoms with Gasteiger partial charge in [0.25, 0.3) is 0 Å². The summed E-state index contributed by atoms with van der Waals surface area (Å²) in [5.41, 5.74) is 1.15. The number of aliphatic hydroxyl groups excluding tert-OH is 1. The first-order valence-electron chi connectivity index (χ1n) is 6.04. The Balaban J connectivity index is 2.51. The van der Waals surface area contributed by atoms with Gasteiger partial charge >= 0.3 is 0 Å². The Hall–Kier alpha value is -1.83. The monoisotopic (exact) mass is 261 g/mol. The van der Waals surface area contributed by atoms with Crippen molar-refractivity contribution in [3.8, 4) is 11.8 Å². The van der Waals surface area contributed by atoms with Gasteiger partial charge in [0.2, 0.25) is 5.91 Å². The largest absolute Gasteiger partial charge is 0.384 e. The Morgan fingerprint density at radius 3 is 2.47 bits per heavy atom. The summed E-state index contributed by atoms with van der Waals surface area (Å²) >= 11 is 0. The zero-order chi connectivity index (χ0) is 14.3. The van der Waals surface area contributed by atoms with Gasteiger partial charge in [0.15, 0.2) is 0 Å². The molecule has 102 valence electrons. The second kappa shape index (κ2) is 6.93. The average molecular weight is 261 g/mol. The van der Waals surface area contributed by atoms with Crippen molar-refractivity contribution >= 4 is 11.6 Å². The summed E-state index contributed by atoms with van der Waals surface area (Å²) in [6.45, 7) is 5.55. The van der Waals surface area contributed by atoms with Gasteiger partial charge in [-0.05, 0) is 45.0 Å². The van der Waals surface area contributed by atoms with E-state index in [0.29, 0.717) is 5.69 Å². The van der Waals surface area contributed by atoms with Crippen molar-refractivity contribution in [2.75, 3.05) is 18.5 Å². The maximum Gasteiger partial charge on any atom is 0.250 e. The summed E-state index contributed by atoms with van der Waals surface area (Å²) in [6, 6.07) is 7.08. The third kappa shape index (κ3) is 6.61. The lowest BCUT2D eigenvalue weighted by Crippen LogP contribution is -2.27. The van der Waals surface area contributed by atoms with Crippen LogP contribution in [0.1, 0.15) is 26.3 Å². The lowest BCUT2D eigenvalue weighted by molar-refractivity contribution is -0.125. The minimum atomic E-state index is -0.332. The maximum atomic E-state index is 11.6. The van der Waals surface area contributed by atoms with E-state index in [1.807, 2.05) is 20.8 Å². The highest BCUT2D eigenvalue weighted by Gasteiger charge is 2.12. The molecule has 0 saturated heterocycles. The number of hydrogen-bond acceptors (Lipinski definition) is 3. The van der Waals surface area contributed by atoms with Crippen LogP contribution < -0.4 is 5.32 Å². The lowest BCUT2D eigenvalue weighted by atomic mass is 10.2. The van der Waals surface area contributed by atoms with E-state index < -0.39 is 0 Å². The molecule has 4 nitrogen and oxygen atoms in total. The number of hydrogen-bond donors (Lipinski definition) is 2. The molecule has 0 aromatic heterocycles. The van der Waals surface area contributed by atoms with Gasteiger partial charge in [-0.15, -0.1) is 0 Å². The molecule has 0 fully saturated rings. The van der Waals surface area contributed by atoms with Crippen LogP contribution in [0.2, 0.25) is 0 Å². The smallest absolute Gasteiger partial charge is 0.250 e. The van der Waals surface area contributed by atoms with Crippen LogP contribution in [0.5, 0.6) is 0 Å². The van der Waals surface area contributed by atoms with Gasteiger partial charge in [0.05, 0.1) is 5.60 Å². The van der Waals surface area contributed by atoms with Crippen LogP contribution in [0.4, 0.5) is 5.69 Å². The van der Waals surface area contributed by atoms with Gasteiger partial charge in [0.1, 0.15) is 13.2 Å². The molecule has 0 saturated carbocycles. The standard InChI is InChI=1S/C15H19NO3/c1-15(2,3)19-11-14(18)16-13-8-6-12(7-9-13)5-4-10-17/h6-9,17H,10-11H2,1-3H3,(H,16,18). The van der Waals surface area contributed by atoms with Crippen molar-refractivity contribution in [1.82, 2.24) is 0 Å². The molecule has 0 aliphatic rings. The summed E-state index contributed by atoms with van der Waals surface area (Å²) in [6.07, 6.45) is 0. The number of amides is 1. The van der Waals surface area contributed by atoms with E-state index in [1.165, 1.54) is 0 Å². The predicted molar refractivity (Wildman–Crippen MR) is 74.7 cm³/mol. The predicted octanol–water partition coefficient (Wildman–Crippen LogP) is 1.78. The average Bonchev–Trinajstić information content (AvgIpc) is 2.35. The minimum absolute atomic E-state index is 0.0234. The summed E-state index contributed by atoms with van der Waals surface area (Å²) < 4.78 is 5.38. The Morgan fingerprint density at radius 2 is 1.95 bits per heavy atom. The Labute approximate surface area is 113 Å². The van der Waals surface area contributed by atoms with Crippen molar-refractivity contribution < 1.29 is 14.6 Å². The van der Waals surface area contributed by atoms with E-state index in [0.717, 1.165) is 5.56 Å². The molecule has 0 atom stereocenters. The topological polar surface area (TPSA) is 58.6 Å². The highest BCUT2D eigenvalue weighted by atomic mass is 16.5. The number of nitrogens with one attached hydrogen (secondary N) is 1. The van der Waals surface area contributed by atoms with Gasteiger partial charge in [-0.1, -0.05) is 11.8 Å². The summed E-state index contributed by atoms with van der Waals surface area (Å²) in [7, 11) is 0. The van der Waals surface area contributed by atoms with Crippen LogP contribution in [0, 0.1) is 11.8 Å². The molecule has 0 unspecified atom stereocenters. The molecule has 4 heteroatoms. The van der Waals surface area contributed by atoms with Crippen molar-refractivity contribution in [2.45, 2.75) is 26.4 Å². The van der Waals surface area contributed by atoms with Crippen LogP contribution in [0.15, 0.2) is 24.3 Å². The number of anilines is 1. The molecule has 2 N–H and O–H groups in total. The molecule has 1 amide bonds. The normalized spacial score (nSPS) is 10.5. The van der Waals surface area contributed by atoms with Crippen LogP contribution in [0.25, 0.3) is 0 Å². The van der Waals surface area contributed by atoms with Gasteiger partial charge in [-0.2, -0.15) is 0 Å². The maximum absolute atomic E-state index is 11.6.